The Labute approximate surface area is 235 Å². The minimum atomic E-state index is -2.31. The van der Waals surface area contributed by atoms with Crippen LogP contribution in [0.1, 0.15) is 72.6 Å². The molecule has 8 atom stereocenters. The van der Waals surface area contributed by atoms with Crippen LogP contribution in [0, 0.1) is 64.1 Å². The second-order valence-electron chi connectivity index (χ2n) is 13.2. The Bertz CT molecular complexity index is 1200. The molecule has 5 unspecified atom stereocenters. The van der Waals surface area contributed by atoms with Crippen molar-refractivity contribution in [3.63, 3.8) is 0 Å². The Hall–Kier alpha value is -3.11. The van der Waals surface area contributed by atoms with Crippen molar-refractivity contribution in [3.8, 4) is 0 Å². The van der Waals surface area contributed by atoms with E-state index in [0.29, 0.717) is 37.2 Å². The van der Waals surface area contributed by atoms with Crippen LogP contribution < -0.4 is 0 Å². The molecule has 5 aliphatic rings. The molecule has 228 valence electrons. The zero-order chi connectivity index (χ0) is 30.2. The van der Waals surface area contributed by atoms with Crippen molar-refractivity contribution in [1.29, 1.82) is 0 Å². The zero-order valence-electron chi connectivity index (χ0n) is 23.4. The predicted octanol–water partition coefficient (Wildman–Crippen LogP) is 3.17. The van der Waals surface area contributed by atoms with Gasteiger partial charge in [0.1, 0.15) is 12.7 Å². The number of rotatable bonds is 8. The molecule has 0 aromatic carbocycles. The molecule has 4 fully saturated rings. The SMILES string of the molecule is CC1(C)COC(CO[N+](=O)[O-])([C@@]2(O[N+](=O)[O-])CCC3C4CCC5=CC(=O)CC[C@]5(C)C4C(O[N+](=O)[O-])C[C@@]32C)N1[O-]. The lowest BCUT2D eigenvalue weighted by atomic mass is 9.45. The smallest absolute Gasteiger partial charge is 0.295 e. The highest BCUT2D eigenvalue weighted by atomic mass is 17.0. The van der Waals surface area contributed by atoms with E-state index in [4.69, 9.17) is 19.2 Å². The summed E-state index contributed by atoms with van der Waals surface area (Å²) in [7, 11) is 0. The first-order valence-corrected chi connectivity index (χ1v) is 13.8. The fraction of sp³-hybridized carbons (Fsp3) is 0.880. The molecule has 4 aliphatic carbocycles. The number of hydrogen-bond acceptors (Lipinski definition) is 13. The van der Waals surface area contributed by atoms with E-state index < -0.39 is 55.7 Å². The van der Waals surface area contributed by atoms with E-state index in [9.17, 15) is 40.3 Å². The van der Waals surface area contributed by atoms with E-state index in [0.717, 1.165) is 5.57 Å². The monoisotopic (exact) mass is 583 g/mol. The molecule has 3 saturated carbocycles. The number of ketones is 1. The van der Waals surface area contributed by atoms with Crippen molar-refractivity contribution in [1.82, 2.24) is 5.06 Å². The highest BCUT2D eigenvalue weighted by molar-refractivity contribution is 5.91. The number of hydroxylamine groups is 2. The van der Waals surface area contributed by atoms with Crippen molar-refractivity contribution in [2.75, 3.05) is 13.2 Å². The highest BCUT2D eigenvalue weighted by Crippen LogP contribution is 2.71. The Morgan fingerprint density at radius 1 is 1.02 bits per heavy atom. The molecule has 1 saturated heterocycles. The number of carbonyl (C=O) groups excluding carboxylic acids is 1. The average molecular weight is 584 g/mol. The highest BCUT2D eigenvalue weighted by Gasteiger charge is 2.77. The van der Waals surface area contributed by atoms with Crippen molar-refractivity contribution in [3.05, 3.63) is 47.2 Å². The van der Waals surface area contributed by atoms with Gasteiger partial charge >= 0.3 is 0 Å². The standard InChI is InChI=1S/C25H35N4O12/c1-21(2)13-38-25(26(21)31,14-39-27(32)33)24(41-29(36)37)10-8-18-17-6-5-15-11-16(30)7-9-22(15,3)20(17)19(40-28(34)35)12-23(18,24)4/h11,17-20H,5-10,12-14H2,1-4H3/q-1/t17?,18?,19?,20?,22-,23-,24+,25?/m0/s1. The van der Waals surface area contributed by atoms with Gasteiger partial charge in [0, 0.05) is 17.4 Å². The maximum atomic E-state index is 14.0. The summed E-state index contributed by atoms with van der Waals surface area (Å²) in [6, 6.07) is 0. The Balaban J connectivity index is 1.68. The van der Waals surface area contributed by atoms with Crippen LogP contribution in [0.3, 0.4) is 0 Å². The molecule has 16 nitrogen and oxygen atoms in total. The largest absolute Gasteiger partial charge is 0.783 e. The summed E-state index contributed by atoms with van der Waals surface area (Å²) in [5, 5.41) is 46.7. The van der Waals surface area contributed by atoms with Gasteiger partial charge in [-0.15, -0.1) is 30.3 Å². The molecule has 41 heavy (non-hydrogen) atoms. The molecule has 16 heteroatoms. The fourth-order valence-electron chi connectivity index (χ4n) is 9.38. The van der Waals surface area contributed by atoms with E-state index >= 15 is 0 Å². The number of nitrogens with zero attached hydrogens (tertiary/aromatic N) is 4. The summed E-state index contributed by atoms with van der Waals surface area (Å²) in [4.78, 5) is 63.1. The first kappa shape index (κ1) is 29.4. The van der Waals surface area contributed by atoms with Crippen LogP contribution in [0.2, 0.25) is 0 Å². The molecule has 1 heterocycles. The summed E-state index contributed by atoms with van der Waals surface area (Å²) >= 11 is 0. The van der Waals surface area contributed by atoms with Gasteiger partial charge < -0.3 is 29.5 Å². The number of ether oxygens (including phenoxy) is 1. The summed E-state index contributed by atoms with van der Waals surface area (Å²) < 4.78 is 6.02. The van der Waals surface area contributed by atoms with Crippen LogP contribution >= 0.6 is 0 Å². The van der Waals surface area contributed by atoms with E-state index in [1.54, 1.807) is 13.0 Å². The van der Waals surface area contributed by atoms with E-state index in [-0.39, 0.29) is 43.0 Å². The predicted molar refractivity (Wildman–Crippen MR) is 136 cm³/mol. The zero-order valence-corrected chi connectivity index (χ0v) is 23.4. The van der Waals surface area contributed by atoms with Gasteiger partial charge in [0.15, 0.2) is 17.1 Å². The summed E-state index contributed by atoms with van der Waals surface area (Å²) in [6.45, 7) is 5.56. The molecule has 0 N–H and O–H groups in total. The second-order valence-corrected chi connectivity index (χ2v) is 13.2. The van der Waals surface area contributed by atoms with Gasteiger partial charge in [-0.25, -0.2) is 0 Å². The molecule has 0 aromatic heterocycles. The molecule has 0 aromatic rings. The van der Waals surface area contributed by atoms with Gasteiger partial charge in [0.05, 0.1) is 6.61 Å². The van der Waals surface area contributed by atoms with Gasteiger partial charge in [-0.2, -0.15) is 0 Å². The van der Waals surface area contributed by atoms with Crippen LogP contribution in [0.15, 0.2) is 11.6 Å². The Morgan fingerprint density at radius 2 is 1.73 bits per heavy atom. The minimum Gasteiger partial charge on any atom is -0.783 e. The van der Waals surface area contributed by atoms with Crippen molar-refractivity contribution >= 4 is 5.78 Å². The summed E-state index contributed by atoms with van der Waals surface area (Å²) in [6.07, 6.45) is 2.59. The molecule has 5 rings (SSSR count). The topological polar surface area (TPSA) is 210 Å². The Kier molecular flexibility index (Phi) is 6.78. The van der Waals surface area contributed by atoms with Crippen molar-refractivity contribution < 1.29 is 39.3 Å². The molecule has 0 radical (unpaired) electrons. The number of hydrogen-bond donors (Lipinski definition) is 0. The summed E-state index contributed by atoms with van der Waals surface area (Å²) in [5.41, 5.74) is -6.65. The second kappa shape index (κ2) is 9.46. The Morgan fingerprint density at radius 3 is 2.32 bits per heavy atom. The first-order chi connectivity index (χ1) is 19.0. The van der Waals surface area contributed by atoms with E-state index in [2.05, 4.69) is 0 Å². The third-order valence-corrected chi connectivity index (χ3v) is 11.0. The van der Waals surface area contributed by atoms with Crippen LogP contribution in [-0.2, 0) is 24.0 Å². The quantitative estimate of drug-likeness (QED) is 0.297. The molecular formula is C25H35N4O12-. The normalized spacial score (nSPS) is 43.2. The van der Waals surface area contributed by atoms with Gasteiger partial charge in [0.2, 0.25) is 0 Å². The maximum Gasteiger partial charge on any atom is 0.295 e. The average Bonchev–Trinajstić information content (AvgIpc) is 3.28. The summed E-state index contributed by atoms with van der Waals surface area (Å²) in [5.74, 6) is -0.967. The number of carbonyl (C=O) groups is 1. The van der Waals surface area contributed by atoms with Gasteiger partial charge in [-0.05, 0) is 81.6 Å². The lowest BCUT2D eigenvalue weighted by molar-refractivity contribution is -0.800. The van der Waals surface area contributed by atoms with Crippen LogP contribution in [-0.4, -0.2) is 62.3 Å². The van der Waals surface area contributed by atoms with E-state index in [1.165, 1.54) is 13.8 Å². The lowest BCUT2D eigenvalue weighted by Gasteiger charge is -2.64. The third-order valence-electron chi connectivity index (χ3n) is 11.0. The first-order valence-electron chi connectivity index (χ1n) is 13.8. The minimum absolute atomic E-state index is 0.00634. The van der Waals surface area contributed by atoms with Gasteiger partial charge in [0.25, 0.3) is 15.3 Å². The molecule has 1 aliphatic heterocycles. The van der Waals surface area contributed by atoms with Gasteiger partial charge in [-0.3, -0.25) is 4.79 Å². The van der Waals surface area contributed by atoms with Crippen molar-refractivity contribution in [2.45, 2.75) is 95.6 Å². The van der Waals surface area contributed by atoms with Crippen molar-refractivity contribution in [2.24, 2.45) is 28.6 Å². The maximum absolute atomic E-state index is 14.0. The van der Waals surface area contributed by atoms with Crippen LogP contribution in [0.4, 0.5) is 0 Å². The molecule has 0 amide bonds. The number of allylic oxidation sites excluding steroid dienone is 1. The lowest BCUT2D eigenvalue weighted by Crippen LogP contribution is -2.74. The third kappa shape index (κ3) is 4.08. The van der Waals surface area contributed by atoms with Gasteiger partial charge in [-0.1, -0.05) is 19.4 Å². The fourth-order valence-corrected chi connectivity index (χ4v) is 9.38. The molecule has 0 spiro atoms. The van der Waals surface area contributed by atoms with Crippen LogP contribution in [0.25, 0.3) is 0 Å². The van der Waals surface area contributed by atoms with E-state index in [1.807, 2.05) is 6.92 Å². The van der Waals surface area contributed by atoms with Crippen LogP contribution in [0.5, 0.6) is 0 Å². The molecular weight excluding hydrogens is 548 g/mol. The molecule has 0 bridgehead atoms. The number of fused-ring (bicyclic) bond motifs is 5.